The van der Waals surface area contributed by atoms with E-state index in [1.165, 1.54) is 0 Å². The highest BCUT2D eigenvalue weighted by molar-refractivity contribution is 7.92. The van der Waals surface area contributed by atoms with Crippen molar-refractivity contribution in [2.45, 2.75) is 17.7 Å². The van der Waals surface area contributed by atoms with Gasteiger partial charge in [-0.25, -0.2) is 8.42 Å². The van der Waals surface area contributed by atoms with Crippen LogP contribution in [-0.2, 0) is 14.6 Å². The molecule has 0 aromatic heterocycles. The minimum absolute atomic E-state index is 0. The standard InChI is InChI=1S/C7H13NO3S.ClH/c9-12(10)4-2-8-6-1-3-11-5-7(6)12;/h6-8H,1-5H2;1H. The Bertz CT molecular complexity index is 265. The lowest BCUT2D eigenvalue weighted by Crippen LogP contribution is -2.56. The molecule has 78 valence electrons. The van der Waals surface area contributed by atoms with Crippen molar-refractivity contribution in [3.63, 3.8) is 0 Å². The molecular weight excluding hydrogens is 214 g/mol. The van der Waals surface area contributed by atoms with Gasteiger partial charge in [-0.1, -0.05) is 0 Å². The Morgan fingerprint density at radius 3 is 2.85 bits per heavy atom. The van der Waals surface area contributed by atoms with Crippen LogP contribution >= 0.6 is 12.4 Å². The van der Waals surface area contributed by atoms with Crippen molar-refractivity contribution >= 4 is 22.2 Å². The minimum Gasteiger partial charge on any atom is -0.380 e. The molecule has 0 saturated carbocycles. The average Bonchev–Trinajstić information content (AvgIpc) is 2.04. The van der Waals surface area contributed by atoms with Crippen LogP contribution in [0.15, 0.2) is 0 Å². The average molecular weight is 228 g/mol. The summed E-state index contributed by atoms with van der Waals surface area (Å²) >= 11 is 0. The SMILES string of the molecule is Cl.O=S1(=O)CCNC2CCOCC21. The molecule has 0 aromatic carbocycles. The number of sulfone groups is 1. The Morgan fingerprint density at radius 1 is 1.38 bits per heavy atom. The zero-order chi connectivity index (χ0) is 8.60. The molecule has 2 unspecified atom stereocenters. The number of hydrogen-bond acceptors (Lipinski definition) is 4. The van der Waals surface area contributed by atoms with Gasteiger partial charge in [0.2, 0.25) is 0 Å². The maximum absolute atomic E-state index is 11.5. The fourth-order valence-electron chi connectivity index (χ4n) is 1.84. The van der Waals surface area contributed by atoms with Crippen LogP contribution in [0.5, 0.6) is 0 Å². The van der Waals surface area contributed by atoms with Crippen molar-refractivity contribution in [1.82, 2.24) is 5.32 Å². The predicted octanol–water partition coefficient (Wildman–Crippen LogP) is -0.416. The van der Waals surface area contributed by atoms with E-state index >= 15 is 0 Å². The third-order valence-electron chi connectivity index (χ3n) is 2.56. The van der Waals surface area contributed by atoms with E-state index in [2.05, 4.69) is 5.32 Å². The Hall–Kier alpha value is 0.160. The quantitative estimate of drug-likeness (QED) is 0.611. The first kappa shape index (κ1) is 11.2. The largest absolute Gasteiger partial charge is 0.380 e. The van der Waals surface area contributed by atoms with Crippen LogP contribution in [0.25, 0.3) is 0 Å². The molecule has 2 heterocycles. The van der Waals surface area contributed by atoms with E-state index in [-0.39, 0.29) is 29.5 Å². The molecule has 13 heavy (non-hydrogen) atoms. The van der Waals surface area contributed by atoms with Crippen LogP contribution in [0.3, 0.4) is 0 Å². The van der Waals surface area contributed by atoms with Crippen LogP contribution in [-0.4, -0.2) is 45.2 Å². The van der Waals surface area contributed by atoms with E-state index in [9.17, 15) is 8.42 Å². The number of fused-ring (bicyclic) bond motifs is 1. The molecule has 0 radical (unpaired) electrons. The van der Waals surface area contributed by atoms with E-state index in [0.29, 0.717) is 19.8 Å². The smallest absolute Gasteiger partial charge is 0.158 e. The second-order valence-electron chi connectivity index (χ2n) is 3.33. The number of ether oxygens (including phenoxy) is 1. The van der Waals surface area contributed by atoms with Crippen LogP contribution in [0.2, 0.25) is 0 Å². The molecular formula is C7H14ClNO3S. The predicted molar refractivity (Wildman–Crippen MR) is 52.0 cm³/mol. The highest BCUT2D eigenvalue weighted by Crippen LogP contribution is 2.19. The van der Waals surface area contributed by atoms with Gasteiger partial charge < -0.3 is 10.1 Å². The van der Waals surface area contributed by atoms with E-state index in [1.54, 1.807) is 0 Å². The van der Waals surface area contributed by atoms with Gasteiger partial charge in [-0.2, -0.15) is 0 Å². The first-order chi connectivity index (χ1) is 5.70. The Morgan fingerprint density at radius 2 is 2.15 bits per heavy atom. The van der Waals surface area contributed by atoms with Gasteiger partial charge in [0.05, 0.1) is 12.4 Å². The monoisotopic (exact) mass is 227 g/mol. The number of halogens is 1. The molecule has 1 N–H and O–H groups in total. The van der Waals surface area contributed by atoms with Gasteiger partial charge in [-0.3, -0.25) is 0 Å². The molecule has 0 bridgehead atoms. The van der Waals surface area contributed by atoms with Crippen molar-refractivity contribution in [2.24, 2.45) is 0 Å². The summed E-state index contributed by atoms with van der Waals surface area (Å²) in [5.41, 5.74) is 0. The summed E-state index contributed by atoms with van der Waals surface area (Å²) in [6.45, 7) is 1.66. The fourth-order valence-corrected chi connectivity index (χ4v) is 3.58. The topological polar surface area (TPSA) is 55.4 Å². The summed E-state index contributed by atoms with van der Waals surface area (Å²) < 4.78 is 28.1. The first-order valence-electron chi connectivity index (χ1n) is 4.23. The van der Waals surface area contributed by atoms with Crippen LogP contribution < -0.4 is 5.32 Å². The molecule has 6 heteroatoms. The third kappa shape index (κ3) is 2.15. The van der Waals surface area contributed by atoms with Gasteiger partial charge in [-0.05, 0) is 6.42 Å². The van der Waals surface area contributed by atoms with E-state index < -0.39 is 9.84 Å². The van der Waals surface area contributed by atoms with Gasteiger partial charge >= 0.3 is 0 Å². The lowest BCUT2D eigenvalue weighted by Gasteiger charge is -2.35. The third-order valence-corrected chi connectivity index (χ3v) is 4.72. The maximum Gasteiger partial charge on any atom is 0.158 e. The molecule has 2 fully saturated rings. The van der Waals surface area contributed by atoms with Crippen molar-refractivity contribution < 1.29 is 13.2 Å². The van der Waals surface area contributed by atoms with Crippen molar-refractivity contribution in [3.8, 4) is 0 Å². The second kappa shape index (κ2) is 4.13. The van der Waals surface area contributed by atoms with Gasteiger partial charge in [0.25, 0.3) is 0 Å². The van der Waals surface area contributed by atoms with Gasteiger partial charge in [-0.15, -0.1) is 12.4 Å². The lowest BCUT2D eigenvalue weighted by molar-refractivity contribution is 0.0791. The Balaban J connectivity index is 0.000000845. The highest BCUT2D eigenvalue weighted by atomic mass is 35.5. The van der Waals surface area contributed by atoms with Crippen molar-refractivity contribution in [2.75, 3.05) is 25.5 Å². The van der Waals surface area contributed by atoms with Crippen LogP contribution in [0.1, 0.15) is 6.42 Å². The Kier molecular flexibility index (Phi) is 3.57. The Labute approximate surface area is 84.4 Å². The normalized spacial score (nSPS) is 37.2. The molecule has 0 amide bonds. The minimum atomic E-state index is -2.87. The molecule has 2 aliphatic heterocycles. The molecule has 2 saturated heterocycles. The molecule has 0 aromatic rings. The van der Waals surface area contributed by atoms with E-state index in [1.807, 2.05) is 0 Å². The molecule has 2 aliphatic rings. The fraction of sp³-hybridized carbons (Fsp3) is 1.00. The van der Waals surface area contributed by atoms with Crippen molar-refractivity contribution in [1.29, 1.82) is 0 Å². The molecule has 0 aliphatic carbocycles. The number of hydrogen-bond donors (Lipinski definition) is 1. The molecule has 4 nitrogen and oxygen atoms in total. The maximum atomic E-state index is 11.5. The van der Waals surface area contributed by atoms with Gasteiger partial charge in [0, 0.05) is 19.2 Å². The van der Waals surface area contributed by atoms with E-state index in [4.69, 9.17) is 4.74 Å². The zero-order valence-electron chi connectivity index (χ0n) is 7.23. The summed E-state index contributed by atoms with van der Waals surface area (Å²) in [5, 5.41) is 2.93. The molecule has 2 atom stereocenters. The number of rotatable bonds is 0. The van der Waals surface area contributed by atoms with Crippen molar-refractivity contribution in [3.05, 3.63) is 0 Å². The van der Waals surface area contributed by atoms with E-state index in [0.717, 1.165) is 6.42 Å². The summed E-state index contributed by atoms with van der Waals surface area (Å²) in [7, 11) is -2.87. The lowest BCUT2D eigenvalue weighted by atomic mass is 10.1. The molecule has 0 spiro atoms. The van der Waals surface area contributed by atoms with Crippen LogP contribution in [0.4, 0.5) is 0 Å². The summed E-state index contributed by atoms with van der Waals surface area (Å²) in [6.07, 6.45) is 0.823. The summed E-state index contributed by atoms with van der Waals surface area (Å²) in [5.74, 6) is 0.261. The van der Waals surface area contributed by atoms with Gasteiger partial charge in [0.15, 0.2) is 9.84 Å². The zero-order valence-corrected chi connectivity index (χ0v) is 8.86. The molecule has 2 rings (SSSR count). The van der Waals surface area contributed by atoms with Crippen LogP contribution in [0, 0.1) is 0 Å². The first-order valence-corrected chi connectivity index (χ1v) is 5.94. The highest BCUT2D eigenvalue weighted by Gasteiger charge is 2.38. The second-order valence-corrected chi connectivity index (χ2v) is 5.67. The van der Waals surface area contributed by atoms with Gasteiger partial charge in [0.1, 0.15) is 5.25 Å². The summed E-state index contributed by atoms with van der Waals surface area (Å²) in [4.78, 5) is 0. The summed E-state index contributed by atoms with van der Waals surface area (Å²) in [6, 6.07) is 0.137. The number of nitrogens with one attached hydrogen (secondary N) is 1.